The molecule has 0 radical (unpaired) electrons. The minimum Gasteiger partial charge on any atom is -0.550 e. The van der Waals surface area contributed by atoms with Gasteiger partial charge in [0, 0.05) is 11.9 Å². The third-order valence-corrected chi connectivity index (χ3v) is 4.03. The summed E-state index contributed by atoms with van der Waals surface area (Å²) in [7, 11) is 0. The molecule has 2 N–H and O–H groups in total. The van der Waals surface area contributed by atoms with Crippen molar-refractivity contribution in [2.75, 3.05) is 19.8 Å². The standard InChI is InChI=1S/C17H31NO5/c1-4-5-6-7-8-9-10-18(13-19,11-14(2)16(20)21)12-15(3)17(22)23/h9-10,14-15,19H,4-8,11-13H2,1-3H3,(H-,20,21,22,23)/b10-9+. The van der Waals surface area contributed by atoms with E-state index in [1.54, 1.807) is 13.1 Å². The Morgan fingerprint density at radius 3 is 2.22 bits per heavy atom. The van der Waals surface area contributed by atoms with Gasteiger partial charge in [0.25, 0.3) is 0 Å². The van der Waals surface area contributed by atoms with Crippen LogP contribution in [0.25, 0.3) is 0 Å². The number of quaternary nitrogens is 1. The Bertz CT molecular complexity index is 372. The van der Waals surface area contributed by atoms with Gasteiger partial charge in [0.1, 0.15) is 5.92 Å². The number of nitrogens with zero attached hydrogens (tertiary/aromatic N) is 1. The van der Waals surface area contributed by atoms with Crippen LogP contribution in [0.2, 0.25) is 0 Å². The zero-order chi connectivity index (χ0) is 17.9. The second-order valence-corrected chi connectivity index (χ2v) is 6.42. The molecule has 3 atom stereocenters. The summed E-state index contributed by atoms with van der Waals surface area (Å²) < 4.78 is -0.0730. The largest absolute Gasteiger partial charge is 0.550 e. The zero-order valence-corrected chi connectivity index (χ0v) is 14.5. The van der Waals surface area contributed by atoms with Crippen molar-refractivity contribution < 1.29 is 29.4 Å². The summed E-state index contributed by atoms with van der Waals surface area (Å²) in [5.41, 5.74) is 0. The topological polar surface area (TPSA) is 97.7 Å². The maximum atomic E-state index is 11.1. The van der Waals surface area contributed by atoms with E-state index >= 15 is 0 Å². The molecule has 6 heteroatoms. The molecule has 0 aliphatic heterocycles. The van der Waals surface area contributed by atoms with Gasteiger partial charge in [0.15, 0.2) is 6.73 Å². The maximum Gasteiger partial charge on any atom is 0.311 e. The fourth-order valence-corrected chi connectivity index (χ4v) is 2.59. The fraction of sp³-hybridized carbons (Fsp3) is 0.765. The first-order chi connectivity index (χ1) is 10.8. The molecule has 0 amide bonds. The van der Waals surface area contributed by atoms with Crippen molar-refractivity contribution in [3.63, 3.8) is 0 Å². The van der Waals surface area contributed by atoms with Crippen LogP contribution < -0.4 is 5.11 Å². The molecular formula is C17H31NO5. The van der Waals surface area contributed by atoms with Gasteiger partial charge in [0.05, 0.1) is 19.3 Å². The number of carboxylic acid groups (broad SMARTS) is 2. The molecule has 134 valence electrons. The average Bonchev–Trinajstić information content (AvgIpc) is 2.50. The molecule has 3 unspecified atom stereocenters. The van der Waals surface area contributed by atoms with Crippen molar-refractivity contribution in [1.82, 2.24) is 0 Å². The van der Waals surface area contributed by atoms with Crippen LogP contribution in [0.3, 0.4) is 0 Å². The molecule has 0 aromatic rings. The first kappa shape index (κ1) is 21.6. The Balaban J connectivity index is 4.97. The molecule has 0 rings (SSSR count). The molecule has 0 aromatic heterocycles. The lowest BCUT2D eigenvalue weighted by Gasteiger charge is -2.36. The number of hydrogen-bond donors (Lipinski definition) is 2. The van der Waals surface area contributed by atoms with Gasteiger partial charge in [-0.2, -0.15) is 0 Å². The number of carboxylic acids is 2. The van der Waals surface area contributed by atoms with Crippen molar-refractivity contribution in [3.05, 3.63) is 12.3 Å². The van der Waals surface area contributed by atoms with E-state index in [1.165, 1.54) is 13.3 Å². The lowest BCUT2D eigenvalue weighted by Crippen LogP contribution is -2.52. The Kier molecular flexibility index (Phi) is 10.5. The molecule has 0 aliphatic carbocycles. The Labute approximate surface area is 139 Å². The Morgan fingerprint density at radius 2 is 1.74 bits per heavy atom. The molecule has 6 nitrogen and oxygen atoms in total. The first-order valence-corrected chi connectivity index (χ1v) is 8.36. The third-order valence-electron chi connectivity index (χ3n) is 4.03. The fourth-order valence-electron chi connectivity index (χ4n) is 2.59. The average molecular weight is 329 g/mol. The van der Waals surface area contributed by atoms with E-state index in [-0.39, 0.29) is 24.3 Å². The number of rotatable bonds is 13. The van der Waals surface area contributed by atoms with Gasteiger partial charge >= 0.3 is 5.97 Å². The van der Waals surface area contributed by atoms with E-state index in [1.807, 2.05) is 6.08 Å². The van der Waals surface area contributed by atoms with Gasteiger partial charge in [-0.3, -0.25) is 9.28 Å². The smallest absolute Gasteiger partial charge is 0.311 e. The monoisotopic (exact) mass is 329 g/mol. The summed E-state index contributed by atoms with van der Waals surface area (Å²) in [6, 6.07) is 0. The van der Waals surface area contributed by atoms with E-state index in [0.29, 0.717) is 0 Å². The van der Waals surface area contributed by atoms with Gasteiger partial charge in [-0.1, -0.05) is 33.1 Å². The zero-order valence-electron chi connectivity index (χ0n) is 14.5. The van der Waals surface area contributed by atoms with Crippen LogP contribution in [0.5, 0.6) is 0 Å². The molecule has 0 saturated heterocycles. The predicted molar refractivity (Wildman–Crippen MR) is 86.0 cm³/mol. The predicted octanol–water partition coefficient (Wildman–Crippen LogP) is 1.34. The first-order valence-electron chi connectivity index (χ1n) is 8.36. The molecule has 0 fully saturated rings. The van der Waals surface area contributed by atoms with Gasteiger partial charge < -0.3 is 20.1 Å². The number of aliphatic carboxylic acids is 2. The van der Waals surface area contributed by atoms with Crippen LogP contribution in [0.4, 0.5) is 0 Å². The number of allylic oxidation sites excluding steroid dienone is 1. The van der Waals surface area contributed by atoms with Gasteiger partial charge in [-0.15, -0.1) is 0 Å². The molecular weight excluding hydrogens is 298 g/mol. The van der Waals surface area contributed by atoms with E-state index in [0.717, 1.165) is 25.7 Å². The molecule has 0 heterocycles. The van der Waals surface area contributed by atoms with Crippen LogP contribution in [0, 0.1) is 11.8 Å². The number of aliphatic hydroxyl groups is 1. The number of hydrogen-bond acceptors (Lipinski definition) is 4. The lowest BCUT2D eigenvalue weighted by molar-refractivity contribution is -0.902. The van der Waals surface area contributed by atoms with E-state index in [9.17, 15) is 19.8 Å². The van der Waals surface area contributed by atoms with Crippen molar-refractivity contribution in [2.24, 2.45) is 11.8 Å². The van der Waals surface area contributed by atoms with Crippen LogP contribution >= 0.6 is 0 Å². The molecule has 0 aliphatic rings. The summed E-state index contributed by atoms with van der Waals surface area (Å²) in [6.45, 7) is 5.14. The minimum absolute atomic E-state index is 0.0730. The quantitative estimate of drug-likeness (QED) is 0.302. The van der Waals surface area contributed by atoms with Crippen molar-refractivity contribution >= 4 is 11.9 Å². The van der Waals surface area contributed by atoms with Crippen LogP contribution in [-0.4, -0.2) is 46.5 Å². The van der Waals surface area contributed by atoms with Gasteiger partial charge in [-0.25, -0.2) is 0 Å². The Hall–Kier alpha value is -1.40. The van der Waals surface area contributed by atoms with Gasteiger partial charge in [-0.05, 0) is 25.8 Å². The minimum atomic E-state index is -1.19. The van der Waals surface area contributed by atoms with Crippen molar-refractivity contribution in [2.45, 2.75) is 52.9 Å². The number of carbonyl (C=O) groups is 2. The summed E-state index contributed by atoms with van der Waals surface area (Å²) >= 11 is 0. The maximum absolute atomic E-state index is 11.1. The summed E-state index contributed by atoms with van der Waals surface area (Å²) in [4.78, 5) is 22.1. The highest BCUT2D eigenvalue weighted by Crippen LogP contribution is 2.17. The molecule has 23 heavy (non-hydrogen) atoms. The highest BCUT2D eigenvalue weighted by Gasteiger charge is 2.31. The van der Waals surface area contributed by atoms with Crippen molar-refractivity contribution in [1.29, 1.82) is 0 Å². The van der Waals surface area contributed by atoms with Crippen LogP contribution in [0.1, 0.15) is 52.9 Å². The molecule has 0 saturated carbocycles. The Morgan fingerprint density at radius 1 is 1.13 bits per heavy atom. The number of carbonyl (C=O) groups excluding carboxylic acids is 1. The van der Waals surface area contributed by atoms with E-state index in [2.05, 4.69) is 6.92 Å². The van der Waals surface area contributed by atoms with Crippen molar-refractivity contribution in [3.8, 4) is 0 Å². The molecule has 0 aromatic carbocycles. The van der Waals surface area contributed by atoms with Crippen LogP contribution in [0.15, 0.2) is 12.3 Å². The second-order valence-electron chi connectivity index (χ2n) is 6.42. The third kappa shape index (κ3) is 8.71. The van der Waals surface area contributed by atoms with Crippen LogP contribution in [-0.2, 0) is 9.59 Å². The highest BCUT2D eigenvalue weighted by molar-refractivity contribution is 5.69. The summed E-state index contributed by atoms with van der Waals surface area (Å²) in [5.74, 6) is -3.60. The van der Waals surface area contributed by atoms with E-state index in [4.69, 9.17) is 5.11 Å². The summed E-state index contributed by atoms with van der Waals surface area (Å²) in [5, 5.41) is 29.9. The number of aliphatic hydroxyl groups excluding tert-OH is 1. The second kappa shape index (κ2) is 11.2. The normalized spacial score (nSPS) is 16.9. The summed E-state index contributed by atoms with van der Waals surface area (Å²) in [6.07, 6.45) is 8.99. The number of unbranched alkanes of at least 4 members (excludes halogenated alkanes) is 4. The lowest BCUT2D eigenvalue weighted by atomic mass is 10.1. The van der Waals surface area contributed by atoms with Gasteiger partial charge in [0.2, 0.25) is 0 Å². The molecule has 0 spiro atoms. The highest BCUT2D eigenvalue weighted by atomic mass is 16.4. The van der Waals surface area contributed by atoms with E-state index < -0.39 is 23.8 Å². The SMILES string of the molecule is CCCCCC/C=C/[N+](CO)(CC(C)C(=O)[O-])CC(C)C(=O)O. The molecule has 0 bridgehead atoms.